The smallest absolute Gasteiger partial charge is 0.311 e. The largest absolute Gasteiger partial charge is 0.341 e. The molecule has 0 atom stereocenters. The summed E-state index contributed by atoms with van der Waals surface area (Å²) in [6.07, 6.45) is 1.54. The lowest BCUT2D eigenvalue weighted by atomic mass is 10.1. The van der Waals surface area contributed by atoms with E-state index in [9.17, 15) is 10.1 Å². The fourth-order valence-electron chi connectivity index (χ4n) is 3.25. The maximum Gasteiger partial charge on any atom is 0.311 e. The van der Waals surface area contributed by atoms with E-state index in [1.54, 1.807) is 6.07 Å². The molecular weight excluding hydrogens is 316 g/mol. The second-order valence-corrected chi connectivity index (χ2v) is 5.75. The molecule has 2 aromatic carbocycles. The number of benzene rings is 2. The van der Waals surface area contributed by atoms with Crippen LogP contribution in [0, 0.1) is 10.1 Å². The maximum atomic E-state index is 11.2. The van der Waals surface area contributed by atoms with Crippen LogP contribution < -0.4 is 5.32 Å². The van der Waals surface area contributed by atoms with Crippen molar-refractivity contribution >= 4 is 39.0 Å². The number of aryl methyl sites for hydroxylation is 1. The fraction of sp³-hybridized carbons (Fsp3) is 0.105. The fourth-order valence-corrected chi connectivity index (χ4v) is 3.25. The van der Waals surface area contributed by atoms with Gasteiger partial charge in [-0.2, -0.15) is 0 Å². The van der Waals surface area contributed by atoms with E-state index in [4.69, 9.17) is 0 Å². The van der Waals surface area contributed by atoms with Crippen LogP contribution in [0.1, 0.15) is 6.92 Å². The van der Waals surface area contributed by atoms with Gasteiger partial charge in [0.2, 0.25) is 5.82 Å². The van der Waals surface area contributed by atoms with Crippen molar-refractivity contribution in [3.05, 3.63) is 70.9 Å². The van der Waals surface area contributed by atoms with Crippen LogP contribution >= 0.6 is 0 Å². The third-order valence-corrected chi connectivity index (χ3v) is 4.33. The summed E-state index contributed by atoms with van der Waals surface area (Å²) >= 11 is 0. The lowest BCUT2D eigenvalue weighted by molar-refractivity contribution is -0.384. The lowest BCUT2D eigenvalue weighted by Gasteiger charge is -2.07. The number of anilines is 2. The summed E-state index contributed by atoms with van der Waals surface area (Å²) in [5, 5.41) is 16.5. The van der Waals surface area contributed by atoms with Gasteiger partial charge in [0.1, 0.15) is 0 Å². The van der Waals surface area contributed by atoms with Crippen LogP contribution in [0.4, 0.5) is 17.2 Å². The van der Waals surface area contributed by atoms with Gasteiger partial charge in [0, 0.05) is 46.3 Å². The third-order valence-electron chi connectivity index (χ3n) is 4.33. The standard InChI is InChI=1S/C19H16N4O2/c1-2-22-16-7-4-3-6-14(16)15-12-13(9-10-17(15)22)21-19-18(23(24)25)8-5-11-20-19/h3-12H,2H2,1H3,(H,20,21). The Morgan fingerprint density at radius 2 is 1.88 bits per heavy atom. The summed E-state index contributed by atoms with van der Waals surface area (Å²) in [5.41, 5.74) is 3.05. The van der Waals surface area contributed by atoms with Gasteiger partial charge in [0.25, 0.3) is 0 Å². The van der Waals surface area contributed by atoms with Gasteiger partial charge in [-0.15, -0.1) is 0 Å². The Balaban J connectivity index is 1.85. The van der Waals surface area contributed by atoms with E-state index in [-0.39, 0.29) is 11.5 Å². The molecule has 0 spiro atoms. The first-order chi connectivity index (χ1) is 12.2. The van der Waals surface area contributed by atoms with E-state index >= 15 is 0 Å². The summed E-state index contributed by atoms with van der Waals surface area (Å²) in [7, 11) is 0. The number of nitrogens with zero attached hydrogens (tertiary/aromatic N) is 3. The van der Waals surface area contributed by atoms with Crippen molar-refractivity contribution in [2.45, 2.75) is 13.5 Å². The van der Waals surface area contributed by atoms with Crippen molar-refractivity contribution in [1.82, 2.24) is 9.55 Å². The number of fused-ring (bicyclic) bond motifs is 3. The molecule has 1 N–H and O–H groups in total. The number of hydrogen-bond donors (Lipinski definition) is 1. The number of hydrogen-bond acceptors (Lipinski definition) is 4. The first-order valence-corrected chi connectivity index (χ1v) is 8.06. The SMILES string of the molecule is CCn1c2ccccc2c2cc(Nc3ncccc3[N+](=O)[O-])ccc21. The van der Waals surface area contributed by atoms with E-state index in [1.165, 1.54) is 23.2 Å². The molecule has 0 fully saturated rings. The quantitative estimate of drug-likeness (QED) is 0.428. The first kappa shape index (κ1) is 15.1. The van der Waals surface area contributed by atoms with Crippen LogP contribution in [0.3, 0.4) is 0 Å². The molecule has 0 aliphatic carbocycles. The van der Waals surface area contributed by atoms with Crippen molar-refractivity contribution in [2.75, 3.05) is 5.32 Å². The summed E-state index contributed by atoms with van der Waals surface area (Å²) in [6.45, 7) is 3.00. The van der Waals surface area contributed by atoms with Gasteiger partial charge < -0.3 is 9.88 Å². The summed E-state index contributed by atoms with van der Waals surface area (Å²) in [6, 6.07) is 17.2. The molecule has 6 nitrogen and oxygen atoms in total. The Labute approximate surface area is 143 Å². The maximum absolute atomic E-state index is 11.2. The molecule has 0 bridgehead atoms. The zero-order valence-electron chi connectivity index (χ0n) is 13.6. The molecule has 0 unspecified atom stereocenters. The van der Waals surface area contributed by atoms with Crippen molar-refractivity contribution < 1.29 is 4.92 Å². The highest BCUT2D eigenvalue weighted by atomic mass is 16.6. The highest BCUT2D eigenvalue weighted by Crippen LogP contribution is 2.32. The third kappa shape index (κ3) is 2.48. The first-order valence-electron chi connectivity index (χ1n) is 8.06. The molecule has 4 rings (SSSR count). The van der Waals surface area contributed by atoms with Gasteiger partial charge in [0.15, 0.2) is 0 Å². The average molecular weight is 332 g/mol. The Hall–Kier alpha value is -3.41. The summed E-state index contributed by atoms with van der Waals surface area (Å²) in [5.74, 6) is 0.242. The molecular formula is C19H16N4O2. The predicted octanol–water partition coefficient (Wildman–Crippen LogP) is 4.86. The summed E-state index contributed by atoms with van der Waals surface area (Å²) < 4.78 is 2.26. The normalized spacial score (nSPS) is 11.1. The van der Waals surface area contributed by atoms with Gasteiger partial charge >= 0.3 is 5.69 Å². The van der Waals surface area contributed by atoms with Crippen LogP contribution in [0.25, 0.3) is 21.8 Å². The van der Waals surface area contributed by atoms with Gasteiger partial charge in [-0.25, -0.2) is 4.98 Å². The Morgan fingerprint density at radius 3 is 2.68 bits per heavy atom. The molecule has 2 heterocycles. The van der Waals surface area contributed by atoms with E-state index in [0.29, 0.717) is 0 Å². The molecule has 0 aliphatic rings. The molecule has 0 radical (unpaired) electrons. The zero-order valence-corrected chi connectivity index (χ0v) is 13.6. The Morgan fingerprint density at radius 1 is 1.08 bits per heavy atom. The van der Waals surface area contributed by atoms with Crippen molar-refractivity contribution in [2.24, 2.45) is 0 Å². The van der Waals surface area contributed by atoms with Crippen LogP contribution in [0.2, 0.25) is 0 Å². The van der Waals surface area contributed by atoms with E-state index < -0.39 is 4.92 Å². The van der Waals surface area contributed by atoms with Gasteiger partial charge in [0.05, 0.1) is 4.92 Å². The molecule has 0 aliphatic heterocycles. The van der Waals surface area contributed by atoms with E-state index in [2.05, 4.69) is 33.9 Å². The number of aromatic nitrogens is 2. The average Bonchev–Trinajstić information content (AvgIpc) is 2.95. The molecule has 0 saturated heterocycles. The van der Waals surface area contributed by atoms with Crippen LogP contribution in [0.15, 0.2) is 60.8 Å². The second kappa shape index (κ2) is 5.90. The van der Waals surface area contributed by atoms with Crippen LogP contribution in [-0.2, 0) is 6.54 Å². The topological polar surface area (TPSA) is 73.0 Å². The minimum absolute atomic E-state index is 0.0430. The number of pyridine rings is 1. The summed E-state index contributed by atoms with van der Waals surface area (Å²) in [4.78, 5) is 14.8. The second-order valence-electron chi connectivity index (χ2n) is 5.75. The predicted molar refractivity (Wildman–Crippen MR) is 99.3 cm³/mol. The van der Waals surface area contributed by atoms with Crippen molar-refractivity contribution in [3.8, 4) is 0 Å². The highest BCUT2D eigenvalue weighted by Gasteiger charge is 2.15. The number of nitrogens with one attached hydrogen (secondary N) is 1. The number of para-hydroxylation sites is 1. The Bertz CT molecular complexity index is 1100. The van der Waals surface area contributed by atoms with Crippen LogP contribution in [0.5, 0.6) is 0 Å². The van der Waals surface area contributed by atoms with Gasteiger partial charge in [-0.05, 0) is 37.3 Å². The highest BCUT2D eigenvalue weighted by molar-refractivity contribution is 6.09. The molecule has 2 aromatic heterocycles. The number of rotatable bonds is 4. The van der Waals surface area contributed by atoms with E-state index in [1.807, 2.05) is 30.3 Å². The van der Waals surface area contributed by atoms with Crippen LogP contribution in [-0.4, -0.2) is 14.5 Å². The van der Waals surface area contributed by atoms with Crippen molar-refractivity contribution in [3.63, 3.8) is 0 Å². The molecule has 6 heteroatoms. The van der Waals surface area contributed by atoms with Crippen molar-refractivity contribution in [1.29, 1.82) is 0 Å². The molecule has 0 amide bonds. The minimum atomic E-state index is -0.434. The van der Waals surface area contributed by atoms with Gasteiger partial charge in [-0.3, -0.25) is 10.1 Å². The molecule has 124 valence electrons. The molecule has 4 aromatic rings. The molecule has 0 saturated carbocycles. The number of nitro groups is 1. The zero-order chi connectivity index (χ0) is 17.4. The molecule has 25 heavy (non-hydrogen) atoms. The van der Waals surface area contributed by atoms with E-state index in [0.717, 1.165) is 23.1 Å². The Kier molecular flexibility index (Phi) is 3.57. The monoisotopic (exact) mass is 332 g/mol. The minimum Gasteiger partial charge on any atom is -0.341 e. The van der Waals surface area contributed by atoms with Gasteiger partial charge in [-0.1, -0.05) is 18.2 Å². The lowest BCUT2D eigenvalue weighted by Crippen LogP contribution is -1.99.